The standard InChI is InChI=1S/C21H28N2O5S/c1-15-6-9-20(14-16(15)2)28-13-12-22-21(24)17(3)23(29(5,25)26)18-7-10-19(27-4)11-8-18/h6-11,14,17H,12-13H2,1-5H3,(H,22,24). The summed E-state index contributed by atoms with van der Waals surface area (Å²) >= 11 is 0. The number of benzene rings is 2. The molecule has 2 aromatic rings. The van der Waals surface area contributed by atoms with Gasteiger partial charge in [0.25, 0.3) is 0 Å². The van der Waals surface area contributed by atoms with Crippen molar-refractivity contribution in [2.24, 2.45) is 0 Å². The van der Waals surface area contributed by atoms with Gasteiger partial charge in [-0.3, -0.25) is 9.10 Å². The zero-order valence-corrected chi connectivity index (χ0v) is 18.2. The van der Waals surface area contributed by atoms with Crippen LogP contribution in [0.2, 0.25) is 0 Å². The lowest BCUT2D eigenvalue weighted by molar-refractivity contribution is -0.121. The highest BCUT2D eigenvalue weighted by atomic mass is 32.2. The number of methoxy groups -OCH3 is 1. The molecule has 0 saturated carbocycles. The largest absolute Gasteiger partial charge is 0.497 e. The van der Waals surface area contributed by atoms with Crippen LogP contribution in [-0.4, -0.2) is 46.9 Å². The molecule has 7 nitrogen and oxygen atoms in total. The van der Waals surface area contributed by atoms with Crippen molar-refractivity contribution < 1.29 is 22.7 Å². The third-order valence-corrected chi connectivity index (χ3v) is 5.81. The van der Waals surface area contributed by atoms with E-state index >= 15 is 0 Å². The van der Waals surface area contributed by atoms with Gasteiger partial charge >= 0.3 is 0 Å². The van der Waals surface area contributed by atoms with Gasteiger partial charge in [-0.15, -0.1) is 0 Å². The fraction of sp³-hybridized carbons (Fsp3) is 0.381. The van der Waals surface area contributed by atoms with Gasteiger partial charge in [-0.25, -0.2) is 8.42 Å². The van der Waals surface area contributed by atoms with Gasteiger partial charge in [0, 0.05) is 0 Å². The van der Waals surface area contributed by atoms with Gasteiger partial charge in [-0.1, -0.05) is 6.07 Å². The minimum atomic E-state index is -3.66. The van der Waals surface area contributed by atoms with E-state index in [9.17, 15) is 13.2 Å². The summed E-state index contributed by atoms with van der Waals surface area (Å²) in [4.78, 5) is 12.5. The van der Waals surface area contributed by atoms with E-state index in [0.29, 0.717) is 11.4 Å². The molecule has 8 heteroatoms. The first-order valence-electron chi connectivity index (χ1n) is 9.24. The molecule has 2 aromatic carbocycles. The van der Waals surface area contributed by atoms with Gasteiger partial charge in [-0.2, -0.15) is 0 Å². The van der Waals surface area contributed by atoms with Crippen LogP contribution in [0.5, 0.6) is 11.5 Å². The molecule has 0 aliphatic heterocycles. The highest BCUT2D eigenvalue weighted by Gasteiger charge is 2.28. The number of amides is 1. The van der Waals surface area contributed by atoms with E-state index in [0.717, 1.165) is 21.9 Å². The summed E-state index contributed by atoms with van der Waals surface area (Å²) in [7, 11) is -2.14. The summed E-state index contributed by atoms with van der Waals surface area (Å²) in [6.07, 6.45) is 1.07. The maximum Gasteiger partial charge on any atom is 0.243 e. The zero-order chi connectivity index (χ0) is 21.6. The summed E-state index contributed by atoms with van der Waals surface area (Å²) in [5, 5.41) is 2.73. The van der Waals surface area contributed by atoms with Gasteiger partial charge in [-0.05, 0) is 68.3 Å². The molecule has 0 aromatic heterocycles. The second-order valence-corrected chi connectivity index (χ2v) is 8.68. The van der Waals surface area contributed by atoms with E-state index in [2.05, 4.69) is 5.32 Å². The van der Waals surface area contributed by atoms with E-state index in [1.165, 1.54) is 12.7 Å². The first kappa shape index (κ1) is 22.5. The van der Waals surface area contributed by atoms with Crippen molar-refractivity contribution >= 4 is 21.6 Å². The summed E-state index contributed by atoms with van der Waals surface area (Å²) in [6, 6.07) is 11.4. The molecule has 0 heterocycles. The van der Waals surface area contributed by atoms with Crippen molar-refractivity contribution in [3.8, 4) is 11.5 Å². The Kier molecular flexibility index (Phi) is 7.50. The van der Waals surface area contributed by atoms with Gasteiger partial charge in [0.2, 0.25) is 15.9 Å². The fourth-order valence-electron chi connectivity index (χ4n) is 2.83. The molecule has 0 fully saturated rings. The number of sulfonamides is 1. The lowest BCUT2D eigenvalue weighted by Gasteiger charge is -2.28. The Labute approximate surface area is 172 Å². The number of hydrogen-bond donors (Lipinski definition) is 1. The van der Waals surface area contributed by atoms with E-state index in [1.54, 1.807) is 31.2 Å². The molecule has 0 radical (unpaired) electrons. The van der Waals surface area contributed by atoms with Gasteiger partial charge in [0.05, 0.1) is 25.6 Å². The lowest BCUT2D eigenvalue weighted by Crippen LogP contribution is -2.48. The number of aryl methyl sites for hydroxylation is 2. The van der Waals surface area contributed by atoms with Crippen molar-refractivity contribution in [1.29, 1.82) is 0 Å². The van der Waals surface area contributed by atoms with Crippen molar-refractivity contribution in [3.63, 3.8) is 0 Å². The molecule has 0 saturated heterocycles. The first-order valence-corrected chi connectivity index (χ1v) is 11.1. The molecule has 1 amide bonds. The van der Waals surface area contributed by atoms with Crippen molar-refractivity contribution in [1.82, 2.24) is 5.32 Å². The lowest BCUT2D eigenvalue weighted by atomic mass is 10.1. The second-order valence-electron chi connectivity index (χ2n) is 6.82. The number of carbonyl (C=O) groups is 1. The molecular weight excluding hydrogens is 392 g/mol. The molecular formula is C21H28N2O5S. The predicted octanol–water partition coefficient (Wildman–Crippen LogP) is 2.66. The number of ether oxygens (including phenoxy) is 2. The van der Waals surface area contributed by atoms with Gasteiger partial charge in [0.15, 0.2) is 0 Å². The number of anilines is 1. The molecule has 29 heavy (non-hydrogen) atoms. The van der Waals surface area contributed by atoms with Crippen molar-refractivity contribution in [2.75, 3.05) is 30.8 Å². The molecule has 2 rings (SSSR count). The Balaban J connectivity index is 1.98. The molecule has 1 N–H and O–H groups in total. The number of carbonyl (C=O) groups excluding carboxylic acids is 1. The average Bonchev–Trinajstić information content (AvgIpc) is 2.67. The van der Waals surface area contributed by atoms with Crippen LogP contribution < -0.4 is 19.1 Å². The van der Waals surface area contributed by atoms with Crippen LogP contribution in [-0.2, 0) is 14.8 Å². The number of nitrogens with zero attached hydrogens (tertiary/aromatic N) is 1. The van der Waals surface area contributed by atoms with Crippen molar-refractivity contribution in [2.45, 2.75) is 26.8 Å². The van der Waals surface area contributed by atoms with Gasteiger partial charge in [0.1, 0.15) is 24.1 Å². The molecule has 158 valence electrons. The summed E-state index contributed by atoms with van der Waals surface area (Å²) < 4.78 is 36.4. The van der Waals surface area contributed by atoms with Crippen LogP contribution in [0.15, 0.2) is 42.5 Å². The minimum absolute atomic E-state index is 0.260. The highest BCUT2D eigenvalue weighted by molar-refractivity contribution is 7.92. The van der Waals surface area contributed by atoms with Crippen LogP contribution in [0.4, 0.5) is 5.69 Å². The maximum atomic E-state index is 12.5. The predicted molar refractivity (Wildman–Crippen MR) is 114 cm³/mol. The first-order chi connectivity index (χ1) is 13.6. The van der Waals surface area contributed by atoms with Crippen LogP contribution in [0.25, 0.3) is 0 Å². The van der Waals surface area contributed by atoms with Crippen LogP contribution in [0.1, 0.15) is 18.1 Å². The molecule has 0 aliphatic rings. The smallest absolute Gasteiger partial charge is 0.243 e. The monoisotopic (exact) mass is 420 g/mol. The third kappa shape index (κ3) is 6.12. The third-order valence-electron chi connectivity index (χ3n) is 4.56. The molecule has 0 aliphatic carbocycles. The molecule has 0 bridgehead atoms. The van der Waals surface area contributed by atoms with Crippen molar-refractivity contribution in [3.05, 3.63) is 53.6 Å². The Morgan fingerprint density at radius 3 is 2.24 bits per heavy atom. The highest BCUT2D eigenvalue weighted by Crippen LogP contribution is 2.23. The maximum absolute atomic E-state index is 12.5. The SMILES string of the molecule is COc1ccc(N(C(C)C(=O)NCCOc2ccc(C)c(C)c2)S(C)(=O)=O)cc1. The average molecular weight is 421 g/mol. The van der Waals surface area contributed by atoms with E-state index < -0.39 is 22.0 Å². The Hall–Kier alpha value is -2.74. The van der Waals surface area contributed by atoms with Crippen LogP contribution >= 0.6 is 0 Å². The van der Waals surface area contributed by atoms with E-state index in [1.807, 2.05) is 32.0 Å². The number of nitrogens with one attached hydrogen (secondary N) is 1. The topological polar surface area (TPSA) is 84.9 Å². The number of rotatable bonds is 9. The zero-order valence-electron chi connectivity index (χ0n) is 17.4. The quantitative estimate of drug-likeness (QED) is 0.631. The van der Waals surface area contributed by atoms with Gasteiger partial charge < -0.3 is 14.8 Å². The minimum Gasteiger partial charge on any atom is -0.497 e. The fourth-order valence-corrected chi connectivity index (χ4v) is 4.01. The van der Waals surface area contributed by atoms with E-state index in [-0.39, 0.29) is 13.2 Å². The molecule has 1 atom stereocenters. The summed E-state index contributed by atoms with van der Waals surface area (Å²) in [6.45, 7) is 6.12. The Morgan fingerprint density at radius 2 is 1.69 bits per heavy atom. The summed E-state index contributed by atoms with van der Waals surface area (Å²) in [5.74, 6) is 0.920. The molecule has 1 unspecified atom stereocenters. The molecule has 0 spiro atoms. The van der Waals surface area contributed by atoms with Crippen LogP contribution in [0, 0.1) is 13.8 Å². The van der Waals surface area contributed by atoms with Crippen LogP contribution in [0.3, 0.4) is 0 Å². The summed E-state index contributed by atoms with van der Waals surface area (Å²) in [5.41, 5.74) is 2.70. The number of hydrogen-bond acceptors (Lipinski definition) is 5. The normalized spacial score (nSPS) is 12.2. The Morgan fingerprint density at radius 1 is 1.07 bits per heavy atom. The second kappa shape index (κ2) is 9.65. The Bertz CT molecular complexity index is 942. The van der Waals surface area contributed by atoms with E-state index in [4.69, 9.17) is 9.47 Å².